The molecule has 0 radical (unpaired) electrons. The number of pyridine rings is 1. The topological polar surface area (TPSA) is 24.6 Å². The average Bonchev–Trinajstić information content (AvgIpc) is 2.93. The van der Waals surface area contributed by atoms with Crippen LogP contribution in [0.4, 0.5) is 0 Å². The van der Waals surface area contributed by atoms with E-state index in [1.54, 1.807) is 6.08 Å². The number of benzene rings is 2. The summed E-state index contributed by atoms with van der Waals surface area (Å²) in [6, 6.07) is 21.2. The van der Waals surface area contributed by atoms with Crippen LogP contribution in [0.3, 0.4) is 0 Å². The maximum atomic E-state index is 9.14. The third-order valence-electron chi connectivity index (χ3n) is 4.69. The minimum Gasteiger partial charge on any atom is -0.516 e. The summed E-state index contributed by atoms with van der Waals surface area (Å²) in [6.45, 7) is 2.15. The summed E-state index contributed by atoms with van der Waals surface area (Å²) in [6.07, 6.45) is 5.79. The van der Waals surface area contributed by atoms with Gasteiger partial charge in [0.15, 0.2) is 0 Å². The van der Waals surface area contributed by atoms with Gasteiger partial charge in [-0.05, 0) is 42.0 Å². The molecular formula is C22H19NO. The summed E-state index contributed by atoms with van der Waals surface area (Å²) in [5.41, 5.74) is 6.16. The van der Waals surface area contributed by atoms with Gasteiger partial charge in [0.2, 0.25) is 0 Å². The standard InChI is InChI=1S/C22H19NO/c1-16-19(12-7-15-24)21(18-9-3-2-4-10-18)22-20-11-6-5-8-17(20)13-14-23(16)22/h2-11,13-15,24H,12H2,1H3/b15-7+. The highest BCUT2D eigenvalue weighted by Crippen LogP contribution is 2.37. The molecule has 0 unspecified atom stereocenters. The van der Waals surface area contributed by atoms with E-state index in [1.165, 1.54) is 38.7 Å². The summed E-state index contributed by atoms with van der Waals surface area (Å²) >= 11 is 0. The van der Waals surface area contributed by atoms with Gasteiger partial charge in [0, 0.05) is 22.8 Å². The summed E-state index contributed by atoms with van der Waals surface area (Å²) in [5.74, 6) is 0. The zero-order valence-electron chi connectivity index (χ0n) is 13.6. The van der Waals surface area contributed by atoms with Crippen molar-refractivity contribution in [2.45, 2.75) is 13.3 Å². The van der Waals surface area contributed by atoms with E-state index in [2.05, 4.69) is 72.1 Å². The fourth-order valence-corrected chi connectivity index (χ4v) is 3.56. The minimum absolute atomic E-state index is 0.711. The van der Waals surface area contributed by atoms with Crippen molar-refractivity contribution in [3.05, 3.63) is 90.5 Å². The molecule has 0 aliphatic heterocycles. The van der Waals surface area contributed by atoms with E-state index in [1.807, 2.05) is 6.07 Å². The van der Waals surface area contributed by atoms with Crippen LogP contribution in [0.15, 0.2) is 79.2 Å². The number of nitrogens with zero attached hydrogens (tertiary/aromatic N) is 1. The summed E-state index contributed by atoms with van der Waals surface area (Å²) in [7, 11) is 0. The molecule has 0 saturated carbocycles. The Morgan fingerprint density at radius 1 is 0.958 bits per heavy atom. The number of aliphatic hydroxyl groups is 1. The fraction of sp³-hybridized carbons (Fsp3) is 0.0909. The molecule has 0 atom stereocenters. The number of aliphatic hydroxyl groups excluding tert-OH is 1. The van der Waals surface area contributed by atoms with Crippen LogP contribution in [0.5, 0.6) is 0 Å². The summed E-state index contributed by atoms with van der Waals surface area (Å²) in [5, 5.41) is 11.6. The highest BCUT2D eigenvalue weighted by Gasteiger charge is 2.17. The van der Waals surface area contributed by atoms with E-state index in [-0.39, 0.29) is 0 Å². The molecule has 0 fully saturated rings. The second-order valence-electron chi connectivity index (χ2n) is 6.02. The van der Waals surface area contributed by atoms with E-state index >= 15 is 0 Å². The smallest absolute Gasteiger partial charge is 0.0755 e. The first-order valence-electron chi connectivity index (χ1n) is 8.17. The largest absolute Gasteiger partial charge is 0.516 e. The Labute approximate surface area is 141 Å². The van der Waals surface area contributed by atoms with Crippen molar-refractivity contribution in [3.8, 4) is 11.1 Å². The maximum absolute atomic E-state index is 9.14. The fourth-order valence-electron chi connectivity index (χ4n) is 3.56. The maximum Gasteiger partial charge on any atom is 0.0755 e. The van der Waals surface area contributed by atoms with Gasteiger partial charge < -0.3 is 9.51 Å². The number of hydrogen-bond acceptors (Lipinski definition) is 1. The highest BCUT2D eigenvalue weighted by atomic mass is 16.2. The first-order valence-corrected chi connectivity index (χ1v) is 8.17. The average molecular weight is 313 g/mol. The zero-order valence-corrected chi connectivity index (χ0v) is 13.6. The first kappa shape index (κ1) is 14.6. The molecule has 0 bridgehead atoms. The molecule has 2 aromatic carbocycles. The van der Waals surface area contributed by atoms with Crippen LogP contribution in [0, 0.1) is 6.92 Å². The number of aryl methyl sites for hydroxylation is 1. The third-order valence-corrected chi connectivity index (χ3v) is 4.69. The van der Waals surface area contributed by atoms with Crippen LogP contribution in [0.25, 0.3) is 27.4 Å². The molecule has 24 heavy (non-hydrogen) atoms. The number of fused-ring (bicyclic) bond motifs is 3. The van der Waals surface area contributed by atoms with Gasteiger partial charge in [-0.15, -0.1) is 0 Å². The lowest BCUT2D eigenvalue weighted by Crippen LogP contribution is -1.89. The number of rotatable bonds is 3. The monoisotopic (exact) mass is 313 g/mol. The lowest BCUT2D eigenvalue weighted by Gasteiger charge is -2.07. The van der Waals surface area contributed by atoms with Crippen LogP contribution >= 0.6 is 0 Å². The Bertz CT molecular complexity index is 1040. The van der Waals surface area contributed by atoms with Crippen molar-refractivity contribution in [2.75, 3.05) is 0 Å². The normalized spacial score (nSPS) is 11.7. The predicted octanol–water partition coefficient (Wildman–Crippen LogP) is 5.68. The van der Waals surface area contributed by atoms with Crippen molar-refractivity contribution in [3.63, 3.8) is 0 Å². The molecular weight excluding hydrogens is 294 g/mol. The van der Waals surface area contributed by atoms with Gasteiger partial charge in [0.1, 0.15) is 0 Å². The number of hydrogen-bond donors (Lipinski definition) is 1. The molecule has 0 amide bonds. The van der Waals surface area contributed by atoms with E-state index in [0.29, 0.717) is 6.42 Å². The SMILES string of the molecule is Cc1c(C/C=C/O)c(-c2ccccc2)c2c3ccccc3ccn12. The molecule has 1 N–H and O–H groups in total. The van der Waals surface area contributed by atoms with Crippen molar-refractivity contribution in [2.24, 2.45) is 0 Å². The second kappa shape index (κ2) is 5.89. The molecule has 118 valence electrons. The Morgan fingerprint density at radius 3 is 2.50 bits per heavy atom. The van der Waals surface area contributed by atoms with Gasteiger partial charge in [0.25, 0.3) is 0 Å². The highest BCUT2D eigenvalue weighted by molar-refractivity contribution is 6.05. The van der Waals surface area contributed by atoms with Crippen molar-refractivity contribution < 1.29 is 5.11 Å². The Kier molecular flexibility index (Phi) is 3.58. The van der Waals surface area contributed by atoms with Gasteiger partial charge in [-0.25, -0.2) is 0 Å². The molecule has 2 heteroatoms. The molecule has 0 saturated heterocycles. The lowest BCUT2D eigenvalue weighted by atomic mass is 9.97. The van der Waals surface area contributed by atoms with Crippen LogP contribution < -0.4 is 0 Å². The molecule has 4 rings (SSSR count). The first-order chi connectivity index (χ1) is 11.8. The number of allylic oxidation sites excluding steroid dienone is 1. The lowest BCUT2D eigenvalue weighted by molar-refractivity contribution is 0.471. The summed E-state index contributed by atoms with van der Waals surface area (Å²) < 4.78 is 2.27. The van der Waals surface area contributed by atoms with Crippen LogP contribution in [-0.4, -0.2) is 9.51 Å². The molecule has 2 aromatic heterocycles. The van der Waals surface area contributed by atoms with Gasteiger partial charge in [-0.3, -0.25) is 0 Å². The van der Waals surface area contributed by atoms with E-state index < -0.39 is 0 Å². The Balaban J connectivity index is 2.17. The molecule has 2 heterocycles. The van der Waals surface area contributed by atoms with Crippen LogP contribution in [0.2, 0.25) is 0 Å². The van der Waals surface area contributed by atoms with Gasteiger partial charge in [0.05, 0.1) is 11.8 Å². The number of aromatic nitrogens is 1. The van der Waals surface area contributed by atoms with E-state index in [0.717, 1.165) is 6.26 Å². The Hall–Kier alpha value is -3.00. The molecule has 4 aromatic rings. The quantitative estimate of drug-likeness (QED) is 0.483. The van der Waals surface area contributed by atoms with Crippen LogP contribution in [0.1, 0.15) is 11.3 Å². The van der Waals surface area contributed by atoms with Gasteiger partial charge in [-0.2, -0.15) is 0 Å². The van der Waals surface area contributed by atoms with E-state index in [9.17, 15) is 0 Å². The predicted molar refractivity (Wildman–Crippen MR) is 101 cm³/mol. The molecule has 0 aliphatic rings. The zero-order chi connectivity index (χ0) is 16.5. The third kappa shape index (κ3) is 2.19. The van der Waals surface area contributed by atoms with E-state index in [4.69, 9.17) is 5.11 Å². The molecule has 0 aliphatic carbocycles. The van der Waals surface area contributed by atoms with Gasteiger partial charge >= 0.3 is 0 Å². The molecule has 2 nitrogen and oxygen atoms in total. The molecule has 0 spiro atoms. The Morgan fingerprint density at radius 2 is 1.71 bits per heavy atom. The second-order valence-corrected chi connectivity index (χ2v) is 6.02. The van der Waals surface area contributed by atoms with Crippen molar-refractivity contribution in [1.82, 2.24) is 4.40 Å². The van der Waals surface area contributed by atoms with Crippen molar-refractivity contribution >= 4 is 16.3 Å². The minimum atomic E-state index is 0.711. The summed E-state index contributed by atoms with van der Waals surface area (Å²) in [4.78, 5) is 0. The van der Waals surface area contributed by atoms with Crippen molar-refractivity contribution in [1.29, 1.82) is 0 Å². The van der Waals surface area contributed by atoms with Crippen LogP contribution in [-0.2, 0) is 6.42 Å². The van der Waals surface area contributed by atoms with Gasteiger partial charge in [-0.1, -0.05) is 54.6 Å².